The van der Waals surface area contributed by atoms with Crippen LogP contribution >= 0.6 is 0 Å². The fourth-order valence-corrected chi connectivity index (χ4v) is 2.93. The van der Waals surface area contributed by atoms with Crippen LogP contribution in [-0.2, 0) is 4.79 Å². The van der Waals surface area contributed by atoms with Gasteiger partial charge in [0.2, 0.25) is 5.91 Å². The van der Waals surface area contributed by atoms with Crippen LogP contribution < -0.4 is 5.73 Å². The minimum atomic E-state index is -0.643. The van der Waals surface area contributed by atoms with Crippen LogP contribution in [0.4, 0.5) is 4.79 Å². The molecule has 1 heterocycles. The summed E-state index contributed by atoms with van der Waals surface area (Å²) < 4.78 is 0. The van der Waals surface area contributed by atoms with E-state index < -0.39 is 6.04 Å². The van der Waals surface area contributed by atoms with Gasteiger partial charge in [-0.15, -0.1) is 0 Å². The first kappa shape index (κ1) is 18.3. The lowest BCUT2D eigenvalue weighted by atomic mass is 10.0. The third-order valence-electron chi connectivity index (χ3n) is 4.60. The molecule has 1 aromatic carbocycles. The van der Waals surface area contributed by atoms with Crippen molar-refractivity contribution < 1.29 is 9.59 Å². The molecular weight excluding hydrogens is 304 g/mol. The molecule has 1 unspecified atom stereocenters. The molecule has 1 atom stereocenters. The summed E-state index contributed by atoms with van der Waals surface area (Å²) >= 11 is 0. The van der Waals surface area contributed by atoms with E-state index >= 15 is 0 Å². The first-order valence-electron chi connectivity index (χ1n) is 8.62. The van der Waals surface area contributed by atoms with Gasteiger partial charge in [0.25, 0.3) is 0 Å². The number of carbonyl (C=O) groups is 2. The molecule has 0 aromatic heterocycles. The maximum atomic E-state index is 12.6. The van der Waals surface area contributed by atoms with Gasteiger partial charge in [-0.3, -0.25) is 4.79 Å². The van der Waals surface area contributed by atoms with Crippen molar-refractivity contribution in [3.05, 3.63) is 35.4 Å². The molecule has 6 heteroatoms. The molecule has 2 N–H and O–H groups in total. The molecule has 1 fully saturated rings. The van der Waals surface area contributed by atoms with Crippen molar-refractivity contribution in [2.45, 2.75) is 26.8 Å². The molecule has 1 aliphatic rings. The fourth-order valence-electron chi connectivity index (χ4n) is 2.93. The van der Waals surface area contributed by atoms with Crippen LogP contribution in [0, 0.1) is 6.92 Å². The summed E-state index contributed by atoms with van der Waals surface area (Å²) in [5, 5.41) is 0. The lowest BCUT2D eigenvalue weighted by Crippen LogP contribution is -2.55. The number of nitrogens with zero attached hydrogens (tertiary/aromatic N) is 3. The van der Waals surface area contributed by atoms with E-state index in [1.807, 2.05) is 49.9 Å². The Bertz CT molecular complexity index is 561. The van der Waals surface area contributed by atoms with E-state index in [2.05, 4.69) is 0 Å². The van der Waals surface area contributed by atoms with E-state index in [-0.39, 0.29) is 11.9 Å². The molecule has 24 heavy (non-hydrogen) atoms. The van der Waals surface area contributed by atoms with Crippen molar-refractivity contribution in [3.63, 3.8) is 0 Å². The summed E-state index contributed by atoms with van der Waals surface area (Å²) in [7, 11) is 0. The molecule has 2 rings (SSSR count). The highest BCUT2D eigenvalue weighted by Gasteiger charge is 2.29. The Hall–Kier alpha value is -2.08. The Balaban J connectivity index is 1.92. The van der Waals surface area contributed by atoms with Crippen molar-refractivity contribution in [2.24, 2.45) is 5.73 Å². The van der Waals surface area contributed by atoms with Gasteiger partial charge in [0.15, 0.2) is 0 Å². The van der Waals surface area contributed by atoms with Crippen LogP contribution in [0.3, 0.4) is 0 Å². The van der Waals surface area contributed by atoms with Crippen LogP contribution in [0.5, 0.6) is 0 Å². The van der Waals surface area contributed by atoms with Crippen LogP contribution in [0.25, 0.3) is 0 Å². The summed E-state index contributed by atoms with van der Waals surface area (Å²) in [6, 6.07) is 7.13. The molecule has 0 bridgehead atoms. The Kier molecular flexibility index (Phi) is 6.20. The van der Waals surface area contributed by atoms with Crippen LogP contribution in [0.2, 0.25) is 0 Å². The summed E-state index contributed by atoms with van der Waals surface area (Å²) in [5.74, 6) is -0.0752. The van der Waals surface area contributed by atoms with Gasteiger partial charge in [0.1, 0.15) is 6.04 Å². The fraction of sp³-hybridized carbons (Fsp3) is 0.556. The van der Waals surface area contributed by atoms with Crippen molar-refractivity contribution in [1.29, 1.82) is 0 Å². The van der Waals surface area contributed by atoms with E-state index in [0.29, 0.717) is 39.3 Å². The standard InChI is InChI=1S/C18H28N4O2/c1-4-20(5-2)18(24)22-12-10-21(11-13-22)17(23)16(19)15-8-6-14(3)7-9-15/h6-9,16H,4-5,10-13,19H2,1-3H3. The Labute approximate surface area is 144 Å². The van der Waals surface area contributed by atoms with Crippen LogP contribution in [-0.4, -0.2) is 65.9 Å². The highest BCUT2D eigenvalue weighted by molar-refractivity contribution is 5.83. The van der Waals surface area contributed by atoms with Gasteiger partial charge in [-0.1, -0.05) is 29.8 Å². The van der Waals surface area contributed by atoms with E-state index in [1.165, 1.54) is 0 Å². The van der Waals surface area contributed by atoms with Crippen molar-refractivity contribution in [1.82, 2.24) is 14.7 Å². The number of urea groups is 1. The Morgan fingerprint density at radius 1 is 1.04 bits per heavy atom. The predicted molar refractivity (Wildman–Crippen MR) is 94.6 cm³/mol. The first-order chi connectivity index (χ1) is 11.5. The van der Waals surface area contributed by atoms with Gasteiger partial charge in [0, 0.05) is 39.3 Å². The predicted octanol–water partition coefficient (Wildman–Crippen LogP) is 1.60. The number of piperazine rings is 1. The van der Waals surface area contributed by atoms with Gasteiger partial charge in [0.05, 0.1) is 0 Å². The third-order valence-corrected chi connectivity index (χ3v) is 4.60. The molecule has 0 spiro atoms. The van der Waals surface area contributed by atoms with Crippen molar-refractivity contribution in [3.8, 4) is 0 Å². The van der Waals surface area contributed by atoms with Crippen molar-refractivity contribution in [2.75, 3.05) is 39.3 Å². The molecule has 0 radical (unpaired) electrons. The third kappa shape index (κ3) is 4.06. The Morgan fingerprint density at radius 3 is 2.04 bits per heavy atom. The van der Waals surface area contributed by atoms with Gasteiger partial charge in [-0.2, -0.15) is 0 Å². The molecule has 0 saturated carbocycles. The summed E-state index contributed by atoms with van der Waals surface area (Å²) in [6.45, 7) is 9.53. The van der Waals surface area contributed by atoms with Crippen LogP contribution in [0.1, 0.15) is 31.0 Å². The smallest absolute Gasteiger partial charge is 0.320 e. The Morgan fingerprint density at radius 2 is 1.54 bits per heavy atom. The number of benzene rings is 1. The lowest BCUT2D eigenvalue weighted by Gasteiger charge is -2.38. The number of aryl methyl sites for hydroxylation is 1. The average molecular weight is 332 g/mol. The molecule has 132 valence electrons. The second kappa shape index (κ2) is 8.15. The maximum Gasteiger partial charge on any atom is 0.320 e. The highest BCUT2D eigenvalue weighted by atomic mass is 16.2. The largest absolute Gasteiger partial charge is 0.337 e. The number of amides is 3. The molecule has 1 aliphatic heterocycles. The second-order valence-corrected chi connectivity index (χ2v) is 6.16. The van der Waals surface area contributed by atoms with Gasteiger partial charge < -0.3 is 20.4 Å². The number of hydrogen-bond acceptors (Lipinski definition) is 3. The van der Waals surface area contributed by atoms with Crippen LogP contribution in [0.15, 0.2) is 24.3 Å². The number of nitrogens with two attached hydrogens (primary N) is 1. The molecular formula is C18H28N4O2. The monoisotopic (exact) mass is 332 g/mol. The summed E-state index contributed by atoms with van der Waals surface area (Å²) in [5.41, 5.74) is 8.09. The molecule has 3 amide bonds. The maximum absolute atomic E-state index is 12.6. The van der Waals surface area contributed by atoms with E-state index in [9.17, 15) is 9.59 Å². The topological polar surface area (TPSA) is 69.9 Å². The van der Waals surface area contributed by atoms with E-state index in [1.54, 1.807) is 9.80 Å². The molecule has 1 aromatic rings. The number of rotatable bonds is 4. The minimum absolute atomic E-state index is 0.0509. The van der Waals surface area contributed by atoms with Gasteiger partial charge in [-0.25, -0.2) is 4.79 Å². The highest BCUT2D eigenvalue weighted by Crippen LogP contribution is 2.16. The normalized spacial score (nSPS) is 16.0. The average Bonchev–Trinajstić information content (AvgIpc) is 2.62. The number of hydrogen-bond donors (Lipinski definition) is 1. The van der Waals surface area contributed by atoms with E-state index in [0.717, 1.165) is 11.1 Å². The zero-order chi connectivity index (χ0) is 17.7. The second-order valence-electron chi connectivity index (χ2n) is 6.16. The van der Waals surface area contributed by atoms with E-state index in [4.69, 9.17) is 5.73 Å². The number of carbonyl (C=O) groups excluding carboxylic acids is 2. The summed E-state index contributed by atoms with van der Waals surface area (Å²) in [6.07, 6.45) is 0. The minimum Gasteiger partial charge on any atom is -0.337 e. The summed E-state index contributed by atoms with van der Waals surface area (Å²) in [4.78, 5) is 30.3. The van der Waals surface area contributed by atoms with Gasteiger partial charge >= 0.3 is 6.03 Å². The quantitative estimate of drug-likeness (QED) is 0.910. The van der Waals surface area contributed by atoms with Gasteiger partial charge in [-0.05, 0) is 26.3 Å². The lowest BCUT2D eigenvalue weighted by molar-refractivity contribution is -0.134. The molecule has 1 saturated heterocycles. The zero-order valence-electron chi connectivity index (χ0n) is 14.9. The SMILES string of the molecule is CCN(CC)C(=O)N1CCN(C(=O)C(N)c2ccc(C)cc2)CC1. The van der Waals surface area contributed by atoms with Crippen molar-refractivity contribution >= 4 is 11.9 Å². The first-order valence-corrected chi connectivity index (χ1v) is 8.62. The molecule has 6 nitrogen and oxygen atoms in total. The molecule has 0 aliphatic carbocycles. The zero-order valence-corrected chi connectivity index (χ0v) is 14.9.